The Kier molecular flexibility index (Phi) is 3.47. The first-order chi connectivity index (χ1) is 7.79. The van der Waals surface area contributed by atoms with Crippen LogP contribution in [0.15, 0.2) is 54.7 Å². The van der Waals surface area contributed by atoms with E-state index in [9.17, 15) is 4.79 Å². The molecule has 3 heteroatoms. The second-order valence-electron chi connectivity index (χ2n) is 3.35. The number of benzene rings is 1. The lowest BCUT2D eigenvalue weighted by Crippen LogP contribution is -2.08. The number of Topliss-reactive ketones (excluding diaryl/α,β-unsaturated/α-hetero) is 1. The predicted molar refractivity (Wildman–Crippen MR) is 66.7 cm³/mol. The molecular weight excluding hydrogens is 266 g/mol. The molecule has 0 fully saturated rings. The molecule has 2 rings (SSSR count). The molecule has 1 atom stereocenters. The van der Waals surface area contributed by atoms with Crippen LogP contribution in [0.1, 0.15) is 20.9 Å². The summed E-state index contributed by atoms with van der Waals surface area (Å²) in [4.78, 5) is 15.8. The molecule has 1 heterocycles. The van der Waals surface area contributed by atoms with Crippen LogP contribution in [-0.4, -0.2) is 10.8 Å². The van der Waals surface area contributed by atoms with Gasteiger partial charge in [-0.3, -0.25) is 9.78 Å². The number of carbonyl (C=O) groups is 1. The van der Waals surface area contributed by atoms with E-state index in [1.54, 1.807) is 18.3 Å². The summed E-state index contributed by atoms with van der Waals surface area (Å²) in [7, 11) is 0. The first-order valence-electron chi connectivity index (χ1n) is 4.93. The van der Waals surface area contributed by atoms with Crippen molar-refractivity contribution in [2.45, 2.75) is 4.83 Å². The van der Waals surface area contributed by atoms with Crippen molar-refractivity contribution in [2.24, 2.45) is 0 Å². The van der Waals surface area contributed by atoms with Crippen LogP contribution in [0.2, 0.25) is 0 Å². The molecule has 0 aliphatic carbocycles. The minimum atomic E-state index is -0.330. The summed E-state index contributed by atoms with van der Waals surface area (Å²) in [5.41, 5.74) is 1.42. The van der Waals surface area contributed by atoms with Gasteiger partial charge in [-0.05, 0) is 17.7 Å². The number of rotatable bonds is 3. The Labute approximate surface area is 102 Å². The molecule has 0 aliphatic rings. The van der Waals surface area contributed by atoms with Crippen molar-refractivity contribution in [3.8, 4) is 0 Å². The van der Waals surface area contributed by atoms with Gasteiger partial charge in [0.2, 0.25) is 0 Å². The Bertz CT molecular complexity index is 470. The van der Waals surface area contributed by atoms with Gasteiger partial charge in [0.25, 0.3) is 0 Å². The van der Waals surface area contributed by atoms with E-state index >= 15 is 0 Å². The largest absolute Gasteiger partial charge is 0.291 e. The van der Waals surface area contributed by atoms with Gasteiger partial charge in [0, 0.05) is 6.20 Å². The Morgan fingerprint density at radius 1 is 1.06 bits per heavy atom. The van der Waals surface area contributed by atoms with Gasteiger partial charge in [0.05, 0.1) is 0 Å². The minimum Gasteiger partial charge on any atom is -0.291 e. The monoisotopic (exact) mass is 275 g/mol. The maximum absolute atomic E-state index is 12.0. The standard InChI is InChI=1S/C13H10BrNO/c14-12(10-6-2-1-3-7-10)13(16)11-8-4-5-9-15-11/h1-9,12H. The number of ketones is 1. The van der Waals surface area contributed by atoms with Crippen LogP contribution in [-0.2, 0) is 0 Å². The number of nitrogens with zero attached hydrogens (tertiary/aromatic N) is 1. The molecule has 0 spiro atoms. The summed E-state index contributed by atoms with van der Waals surface area (Å²) in [6.45, 7) is 0. The first kappa shape index (κ1) is 11.0. The molecule has 0 N–H and O–H groups in total. The zero-order chi connectivity index (χ0) is 11.4. The molecule has 1 aromatic heterocycles. The van der Waals surface area contributed by atoms with Gasteiger partial charge in [-0.25, -0.2) is 0 Å². The van der Waals surface area contributed by atoms with Crippen molar-refractivity contribution in [2.75, 3.05) is 0 Å². The minimum absolute atomic E-state index is 0.0215. The first-order valence-corrected chi connectivity index (χ1v) is 5.85. The van der Waals surface area contributed by atoms with E-state index in [4.69, 9.17) is 0 Å². The number of carbonyl (C=O) groups excluding carboxylic acids is 1. The molecule has 0 aliphatic heterocycles. The van der Waals surface area contributed by atoms with Crippen LogP contribution in [0.4, 0.5) is 0 Å². The normalized spacial score (nSPS) is 12.1. The number of pyridine rings is 1. The zero-order valence-corrected chi connectivity index (χ0v) is 10.1. The van der Waals surface area contributed by atoms with Crippen LogP contribution in [0.5, 0.6) is 0 Å². The average Bonchev–Trinajstić information content (AvgIpc) is 2.39. The highest BCUT2D eigenvalue weighted by molar-refractivity contribution is 9.09. The van der Waals surface area contributed by atoms with Crippen molar-refractivity contribution in [1.82, 2.24) is 4.98 Å². The molecule has 16 heavy (non-hydrogen) atoms. The fourth-order valence-corrected chi connectivity index (χ4v) is 1.95. The number of halogens is 1. The third kappa shape index (κ3) is 2.36. The van der Waals surface area contributed by atoms with E-state index in [0.29, 0.717) is 5.69 Å². The number of hydrogen-bond donors (Lipinski definition) is 0. The lowest BCUT2D eigenvalue weighted by atomic mass is 10.1. The maximum atomic E-state index is 12.0. The molecule has 1 unspecified atom stereocenters. The molecule has 0 amide bonds. The van der Waals surface area contributed by atoms with E-state index in [2.05, 4.69) is 20.9 Å². The summed E-state index contributed by atoms with van der Waals surface area (Å²) in [5.74, 6) is -0.0215. The van der Waals surface area contributed by atoms with Crippen molar-refractivity contribution in [3.63, 3.8) is 0 Å². The Hall–Kier alpha value is -1.48. The molecule has 2 aromatic rings. The van der Waals surface area contributed by atoms with E-state index in [-0.39, 0.29) is 10.6 Å². The van der Waals surface area contributed by atoms with Crippen LogP contribution < -0.4 is 0 Å². The molecule has 1 aromatic carbocycles. The highest BCUT2D eigenvalue weighted by atomic mass is 79.9. The van der Waals surface area contributed by atoms with E-state index < -0.39 is 0 Å². The Morgan fingerprint density at radius 2 is 1.75 bits per heavy atom. The van der Waals surface area contributed by atoms with Crippen LogP contribution >= 0.6 is 15.9 Å². The SMILES string of the molecule is O=C(c1ccccn1)C(Br)c1ccccc1. The highest BCUT2D eigenvalue weighted by Crippen LogP contribution is 2.25. The summed E-state index contributed by atoms with van der Waals surface area (Å²) in [6.07, 6.45) is 1.62. The topological polar surface area (TPSA) is 30.0 Å². The van der Waals surface area contributed by atoms with E-state index in [1.807, 2.05) is 36.4 Å². The van der Waals surface area contributed by atoms with E-state index in [0.717, 1.165) is 5.56 Å². The second-order valence-corrected chi connectivity index (χ2v) is 4.27. The molecule has 0 bridgehead atoms. The second kappa shape index (κ2) is 5.03. The number of hydrogen-bond acceptors (Lipinski definition) is 2. The smallest absolute Gasteiger partial charge is 0.199 e. The average molecular weight is 276 g/mol. The van der Waals surface area contributed by atoms with Crippen molar-refractivity contribution < 1.29 is 4.79 Å². The lowest BCUT2D eigenvalue weighted by Gasteiger charge is -2.07. The van der Waals surface area contributed by atoms with Crippen molar-refractivity contribution >= 4 is 21.7 Å². The molecule has 0 saturated carbocycles. The third-order valence-corrected chi connectivity index (χ3v) is 3.18. The molecule has 80 valence electrons. The van der Waals surface area contributed by atoms with Gasteiger partial charge in [-0.2, -0.15) is 0 Å². The quantitative estimate of drug-likeness (QED) is 0.635. The maximum Gasteiger partial charge on any atom is 0.199 e. The van der Waals surface area contributed by atoms with Crippen molar-refractivity contribution in [1.29, 1.82) is 0 Å². The number of aromatic nitrogens is 1. The van der Waals surface area contributed by atoms with Crippen LogP contribution in [0.25, 0.3) is 0 Å². The Balaban J connectivity index is 2.24. The summed E-state index contributed by atoms with van der Waals surface area (Å²) in [6, 6.07) is 14.9. The van der Waals surface area contributed by atoms with Crippen LogP contribution in [0.3, 0.4) is 0 Å². The summed E-state index contributed by atoms with van der Waals surface area (Å²) < 4.78 is 0. The predicted octanol–water partition coefficient (Wildman–Crippen LogP) is 3.40. The van der Waals surface area contributed by atoms with Gasteiger partial charge < -0.3 is 0 Å². The van der Waals surface area contributed by atoms with Gasteiger partial charge in [0.1, 0.15) is 10.5 Å². The summed E-state index contributed by atoms with van der Waals surface area (Å²) >= 11 is 3.40. The number of alkyl halides is 1. The molecule has 2 nitrogen and oxygen atoms in total. The zero-order valence-electron chi connectivity index (χ0n) is 8.51. The van der Waals surface area contributed by atoms with E-state index in [1.165, 1.54) is 0 Å². The van der Waals surface area contributed by atoms with Crippen molar-refractivity contribution in [3.05, 3.63) is 66.0 Å². The molecule has 0 saturated heterocycles. The van der Waals surface area contributed by atoms with Gasteiger partial charge in [-0.15, -0.1) is 0 Å². The van der Waals surface area contributed by atoms with Gasteiger partial charge >= 0.3 is 0 Å². The van der Waals surface area contributed by atoms with Gasteiger partial charge in [-0.1, -0.05) is 52.3 Å². The van der Waals surface area contributed by atoms with Gasteiger partial charge in [0.15, 0.2) is 5.78 Å². The van der Waals surface area contributed by atoms with Crippen LogP contribution in [0, 0.1) is 0 Å². The third-order valence-electron chi connectivity index (χ3n) is 2.24. The lowest BCUT2D eigenvalue weighted by molar-refractivity contribution is 0.0987. The molecular formula is C13H10BrNO. The highest BCUT2D eigenvalue weighted by Gasteiger charge is 2.19. The summed E-state index contributed by atoms with van der Waals surface area (Å²) in [5, 5.41) is 0. The fraction of sp³-hybridized carbons (Fsp3) is 0.0769. The fourth-order valence-electron chi connectivity index (χ4n) is 1.41. The molecule has 0 radical (unpaired) electrons. The Morgan fingerprint density at radius 3 is 2.38 bits per heavy atom.